The van der Waals surface area contributed by atoms with Gasteiger partial charge >= 0.3 is 0 Å². The Morgan fingerprint density at radius 3 is 2.50 bits per heavy atom. The van der Waals surface area contributed by atoms with E-state index in [9.17, 15) is 4.79 Å². The summed E-state index contributed by atoms with van der Waals surface area (Å²) in [5.74, 6) is 1.55. The highest BCUT2D eigenvalue weighted by Gasteiger charge is 2.12. The van der Waals surface area contributed by atoms with Gasteiger partial charge in [-0.25, -0.2) is 0 Å². The Balaban J connectivity index is 1.86. The van der Waals surface area contributed by atoms with Gasteiger partial charge in [-0.2, -0.15) is 0 Å². The van der Waals surface area contributed by atoms with Gasteiger partial charge in [0.05, 0.1) is 5.69 Å². The van der Waals surface area contributed by atoms with Crippen molar-refractivity contribution in [1.82, 2.24) is 14.8 Å². The van der Waals surface area contributed by atoms with Gasteiger partial charge in [0.1, 0.15) is 5.82 Å². The molecule has 26 heavy (non-hydrogen) atoms. The number of aryl methyl sites for hydroxylation is 3. The number of rotatable bonds is 5. The summed E-state index contributed by atoms with van der Waals surface area (Å²) in [7, 11) is 0. The van der Waals surface area contributed by atoms with Crippen LogP contribution in [-0.4, -0.2) is 20.7 Å². The van der Waals surface area contributed by atoms with Crippen molar-refractivity contribution in [2.24, 2.45) is 0 Å². The van der Waals surface area contributed by atoms with Gasteiger partial charge in [-0.1, -0.05) is 47.2 Å². The summed E-state index contributed by atoms with van der Waals surface area (Å²) in [6.07, 6.45) is 0. The van der Waals surface area contributed by atoms with E-state index in [-0.39, 0.29) is 5.91 Å². The average Bonchev–Trinajstić information content (AvgIpc) is 2.92. The van der Waals surface area contributed by atoms with E-state index in [0.717, 1.165) is 28.1 Å². The molecule has 3 rings (SSSR count). The lowest BCUT2D eigenvalue weighted by Crippen LogP contribution is -2.07. The lowest BCUT2D eigenvalue weighted by atomic mass is 10.1. The second-order valence-corrected chi connectivity index (χ2v) is 7.32. The number of amides is 1. The quantitative estimate of drug-likeness (QED) is 0.678. The van der Waals surface area contributed by atoms with Crippen LogP contribution in [0.15, 0.2) is 47.6 Å². The Labute approximate surface area is 157 Å². The zero-order valence-electron chi connectivity index (χ0n) is 15.4. The molecule has 0 fully saturated rings. The molecule has 1 aromatic heterocycles. The summed E-state index contributed by atoms with van der Waals surface area (Å²) in [6, 6.07) is 14.3. The molecule has 0 spiro atoms. The van der Waals surface area contributed by atoms with Crippen molar-refractivity contribution >= 4 is 23.4 Å². The summed E-state index contributed by atoms with van der Waals surface area (Å²) in [4.78, 5) is 11.3. The van der Waals surface area contributed by atoms with Crippen molar-refractivity contribution in [3.8, 4) is 5.69 Å². The van der Waals surface area contributed by atoms with E-state index in [0.29, 0.717) is 0 Å². The molecule has 1 N–H and O–H groups in total. The van der Waals surface area contributed by atoms with Crippen molar-refractivity contribution in [2.75, 3.05) is 5.32 Å². The maximum Gasteiger partial charge on any atom is 0.221 e. The number of thioether (sulfide) groups is 1. The van der Waals surface area contributed by atoms with Crippen molar-refractivity contribution in [1.29, 1.82) is 0 Å². The van der Waals surface area contributed by atoms with E-state index in [2.05, 4.69) is 47.6 Å². The first kappa shape index (κ1) is 18.2. The molecule has 6 heteroatoms. The van der Waals surface area contributed by atoms with E-state index in [1.807, 2.05) is 35.8 Å². The predicted octanol–water partition coefficient (Wildman–Crippen LogP) is 4.44. The molecule has 0 saturated heterocycles. The van der Waals surface area contributed by atoms with Crippen LogP contribution in [-0.2, 0) is 10.5 Å². The molecule has 2 aromatic carbocycles. The van der Waals surface area contributed by atoms with E-state index in [1.54, 1.807) is 11.8 Å². The molecule has 0 saturated carbocycles. The van der Waals surface area contributed by atoms with Crippen LogP contribution in [0.25, 0.3) is 5.69 Å². The standard InChI is InChI=1S/C20H22N4OS/c1-13-8-14(2)10-17(9-13)12-26-20-23-22-15(3)24(20)19-7-5-6-18(11-19)21-16(4)25/h5-11H,12H2,1-4H3,(H,21,25). The number of aromatic nitrogens is 3. The number of nitrogens with one attached hydrogen (secondary N) is 1. The van der Waals surface area contributed by atoms with E-state index < -0.39 is 0 Å². The van der Waals surface area contributed by atoms with Gasteiger partial charge in [-0.05, 0) is 44.5 Å². The van der Waals surface area contributed by atoms with Gasteiger partial charge in [-0.15, -0.1) is 10.2 Å². The van der Waals surface area contributed by atoms with E-state index >= 15 is 0 Å². The van der Waals surface area contributed by atoms with Crippen molar-refractivity contribution in [3.63, 3.8) is 0 Å². The van der Waals surface area contributed by atoms with E-state index in [1.165, 1.54) is 23.6 Å². The van der Waals surface area contributed by atoms with E-state index in [4.69, 9.17) is 0 Å². The molecule has 0 atom stereocenters. The Morgan fingerprint density at radius 2 is 1.81 bits per heavy atom. The minimum atomic E-state index is -0.0907. The highest BCUT2D eigenvalue weighted by Crippen LogP contribution is 2.27. The fourth-order valence-corrected chi connectivity index (χ4v) is 3.89. The fraction of sp³-hybridized carbons (Fsp3) is 0.250. The van der Waals surface area contributed by atoms with Crippen LogP contribution in [0.4, 0.5) is 5.69 Å². The first-order chi connectivity index (χ1) is 12.4. The zero-order valence-corrected chi connectivity index (χ0v) is 16.2. The molecule has 1 amide bonds. The summed E-state index contributed by atoms with van der Waals surface area (Å²) < 4.78 is 2.01. The molecule has 0 aliphatic heterocycles. The van der Waals surface area contributed by atoms with Crippen LogP contribution in [0.3, 0.4) is 0 Å². The predicted molar refractivity (Wildman–Crippen MR) is 106 cm³/mol. The van der Waals surface area contributed by atoms with Crippen LogP contribution in [0, 0.1) is 20.8 Å². The lowest BCUT2D eigenvalue weighted by Gasteiger charge is -2.11. The smallest absolute Gasteiger partial charge is 0.221 e. The number of anilines is 1. The van der Waals surface area contributed by atoms with Crippen molar-refractivity contribution in [2.45, 2.75) is 38.6 Å². The molecular formula is C20H22N4OS. The van der Waals surface area contributed by atoms with Crippen molar-refractivity contribution in [3.05, 3.63) is 65.0 Å². The summed E-state index contributed by atoms with van der Waals surface area (Å²) in [6.45, 7) is 7.66. The molecule has 0 unspecified atom stereocenters. The topological polar surface area (TPSA) is 59.8 Å². The second-order valence-electron chi connectivity index (χ2n) is 6.38. The fourth-order valence-electron chi connectivity index (χ4n) is 2.96. The molecule has 0 bridgehead atoms. The Hall–Kier alpha value is -2.60. The molecule has 5 nitrogen and oxygen atoms in total. The number of carbonyl (C=O) groups is 1. The second kappa shape index (κ2) is 7.74. The average molecular weight is 366 g/mol. The third-order valence-corrected chi connectivity index (χ3v) is 4.87. The first-order valence-electron chi connectivity index (χ1n) is 8.42. The monoisotopic (exact) mass is 366 g/mol. The van der Waals surface area contributed by atoms with Gasteiger partial charge in [0.15, 0.2) is 5.16 Å². The molecule has 0 aliphatic carbocycles. The maximum absolute atomic E-state index is 11.3. The first-order valence-corrected chi connectivity index (χ1v) is 9.41. The lowest BCUT2D eigenvalue weighted by molar-refractivity contribution is -0.114. The molecule has 3 aromatic rings. The minimum Gasteiger partial charge on any atom is -0.326 e. The third kappa shape index (κ3) is 4.32. The van der Waals surface area contributed by atoms with Crippen LogP contribution in [0.5, 0.6) is 0 Å². The maximum atomic E-state index is 11.3. The van der Waals surface area contributed by atoms with Gasteiger partial charge in [0.25, 0.3) is 0 Å². The highest BCUT2D eigenvalue weighted by molar-refractivity contribution is 7.98. The van der Waals surface area contributed by atoms with Crippen molar-refractivity contribution < 1.29 is 4.79 Å². The molecule has 1 heterocycles. The number of hydrogen-bond acceptors (Lipinski definition) is 4. The van der Waals surface area contributed by atoms with Gasteiger partial charge < -0.3 is 5.32 Å². The Morgan fingerprint density at radius 1 is 1.08 bits per heavy atom. The van der Waals surface area contributed by atoms with Crippen LogP contribution in [0.1, 0.15) is 29.4 Å². The minimum absolute atomic E-state index is 0.0907. The van der Waals surface area contributed by atoms with Gasteiger partial charge in [0, 0.05) is 18.4 Å². The normalized spacial score (nSPS) is 10.8. The van der Waals surface area contributed by atoms with Gasteiger partial charge in [0.2, 0.25) is 5.91 Å². The summed E-state index contributed by atoms with van der Waals surface area (Å²) in [5.41, 5.74) is 5.49. The molecule has 0 radical (unpaired) electrons. The summed E-state index contributed by atoms with van der Waals surface area (Å²) in [5, 5.41) is 12.2. The van der Waals surface area contributed by atoms with Crippen LogP contribution in [0.2, 0.25) is 0 Å². The largest absolute Gasteiger partial charge is 0.326 e. The highest BCUT2D eigenvalue weighted by atomic mass is 32.2. The number of hydrogen-bond donors (Lipinski definition) is 1. The number of nitrogens with zero attached hydrogens (tertiary/aromatic N) is 3. The molecular weight excluding hydrogens is 344 g/mol. The number of benzene rings is 2. The Kier molecular flexibility index (Phi) is 5.42. The number of carbonyl (C=O) groups excluding carboxylic acids is 1. The Bertz CT molecular complexity index is 928. The zero-order chi connectivity index (χ0) is 18.7. The third-order valence-electron chi connectivity index (χ3n) is 3.87. The van der Waals surface area contributed by atoms with Gasteiger partial charge in [-0.3, -0.25) is 9.36 Å². The molecule has 134 valence electrons. The molecule has 0 aliphatic rings. The SMILES string of the molecule is CC(=O)Nc1cccc(-n2c(C)nnc2SCc2cc(C)cc(C)c2)c1. The summed E-state index contributed by atoms with van der Waals surface area (Å²) >= 11 is 1.65. The van der Waals surface area contributed by atoms with Crippen LogP contribution < -0.4 is 5.32 Å². The van der Waals surface area contributed by atoms with Crippen LogP contribution >= 0.6 is 11.8 Å².